The highest BCUT2D eigenvalue weighted by molar-refractivity contribution is 5.22. The van der Waals surface area contributed by atoms with Gasteiger partial charge < -0.3 is 10.5 Å². The Morgan fingerprint density at radius 1 is 1.30 bits per heavy atom. The average Bonchev–Trinajstić information content (AvgIpc) is 2.37. The molecule has 2 N–H and O–H groups in total. The number of nitrogens with two attached hydrogens (primary N) is 1. The third-order valence-electron chi connectivity index (χ3n) is 4.54. The largest absolute Gasteiger partial charge is 0.490 e. The van der Waals surface area contributed by atoms with E-state index in [-0.39, 0.29) is 17.3 Å². The van der Waals surface area contributed by atoms with Gasteiger partial charge in [0.25, 0.3) is 0 Å². The highest BCUT2D eigenvalue weighted by atomic mass is 19.1. The molecule has 3 heteroatoms. The van der Waals surface area contributed by atoms with Gasteiger partial charge in [0.05, 0.1) is 0 Å². The van der Waals surface area contributed by atoms with Crippen LogP contribution in [0.1, 0.15) is 40.0 Å². The number of hydrogen-bond acceptors (Lipinski definition) is 2. The van der Waals surface area contributed by atoms with Crippen LogP contribution in [0.4, 0.5) is 4.39 Å². The first-order valence-corrected chi connectivity index (χ1v) is 7.52. The molecule has 112 valence electrons. The van der Waals surface area contributed by atoms with Crippen LogP contribution >= 0.6 is 0 Å². The van der Waals surface area contributed by atoms with Crippen molar-refractivity contribution in [2.45, 2.75) is 46.1 Å². The fourth-order valence-corrected chi connectivity index (χ4v) is 3.11. The Hall–Kier alpha value is -1.09. The predicted octanol–water partition coefficient (Wildman–Crippen LogP) is 3.99. The topological polar surface area (TPSA) is 35.2 Å². The van der Waals surface area contributed by atoms with E-state index < -0.39 is 0 Å². The molecule has 3 atom stereocenters. The lowest BCUT2D eigenvalue weighted by Gasteiger charge is -2.41. The molecule has 0 aromatic heterocycles. The molecule has 20 heavy (non-hydrogen) atoms. The van der Waals surface area contributed by atoms with E-state index >= 15 is 0 Å². The molecule has 1 saturated carbocycles. The molecule has 1 aromatic rings. The molecule has 1 aliphatic rings. The van der Waals surface area contributed by atoms with Crippen molar-refractivity contribution in [3.05, 3.63) is 30.1 Å². The number of ether oxygens (including phenoxy) is 1. The van der Waals surface area contributed by atoms with E-state index in [0.717, 1.165) is 12.8 Å². The summed E-state index contributed by atoms with van der Waals surface area (Å²) in [5.74, 6) is 1.36. The summed E-state index contributed by atoms with van der Waals surface area (Å²) in [6, 6.07) is 6.39. The molecule has 0 radical (unpaired) electrons. The van der Waals surface area contributed by atoms with Crippen LogP contribution in [-0.2, 0) is 0 Å². The van der Waals surface area contributed by atoms with Crippen molar-refractivity contribution in [2.24, 2.45) is 23.0 Å². The monoisotopic (exact) mass is 279 g/mol. The van der Waals surface area contributed by atoms with Gasteiger partial charge in [-0.1, -0.05) is 26.8 Å². The van der Waals surface area contributed by atoms with E-state index in [1.807, 2.05) is 6.07 Å². The van der Waals surface area contributed by atoms with E-state index in [1.165, 1.54) is 18.6 Å². The molecule has 2 nitrogen and oxygen atoms in total. The summed E-state index contributed by atoms with van der Waals surface area (Å²) in [7, 11) is 0. The quantitative estimate of drug-likeness (QED) is 0.908. The Balaban J connectivity index is 2.09. The van der Waals surface area contributed by atoms with Crippen LogP contribution in [0, 0.1) is 23.1 Å². The lowest BCUT2D eigenvalue weighted by atomic mass is 9.68. The van der Waals surface area contributed by atoms with Crippen molar-refractivity contribution < 1.29 is 9.13 Å². The van der Waals surface area contributed by atoms with E-state index in [0.29, 0.717) is 24.1 Å². The molecule has 2 rings (SSSR count). The number of hydrogen-bond donors (Lipinski definition) is 1. The van der Waals surface area contributed by atoms with E-state index in [9.17, 15) is 4.39 Å². The lowest BCUT2D eigenvalue weighted by molar-refractivity contribution is 0.0329. The minimum Gasteiger partial charge on any atom is -0.490 e. The van der Waals surface area contributed by atoms with Gasteiger partial charge in [-0.05, 0) is 49.3 Å². The molecule has 1 aromatic carbocycles. The van der Waals surface area contributed by atoms with Crippen molar-refractivity contribution in [3.63, 3.8) is 0 Å². The van der Waals surface area contributed by atoms with Crippen molar-refractivity contribution >= 4 is 0 Å². The summed E-state index contributed by atoms with van der Waals surface area (Å²) < 4.78 is 19.3. The first-order chi connectivity index (χ1) is 9.40. The van der Waals surface area contributed by atoms with Crippen molar-refractivity contribution in [3.8, 4) is 5.75 Å². The summed E-state index contributed by atoms with van der Waals surface area (Å²) >= 11 is 0. The summed E-state index contributed by atoms with van der Waals surface area (Å²) in [4.78, 5) is 0. The van der Waals surface area contributed by atoms with Gasteiger partial charge in [0, 0.05) is 12.0 Å². The Morgan fingerprint density at radius 3 is 2.65 bits per heavy atom. The van der Waals surface area contributed by atoms with Crippen LogP contribution in [0.15, 0.2) is 24.3 Å². The molecule has 0 amide bonds. The number of halogens is 1. The maximum Gasteiger partial charge on any atom is 0.126 e. The molecule has 1 aliphatic carbocycles. The standard InChI is InChI=1S/C17H26FNO/c1-17(2,3)13-8-7-12(11-19)16(9-13)20-15-6-4-5-14(18)10-15/h4-6,10,12-13,16H,7-9,11,19H2,1-3H3. The molecule has 0 heterocycles. The Bertz CT molecular complexity index is 441. The van der Waals surface area contributed by atoms with Gasteiger partial charge >= 0.3 is 0 Å². The van der Waals surface area contributed by atoms with E-state index in [2.05, 4.69) is 20.8 Å². The zero-order valence-corrected chi connectivity index (χ0v) is 12.7. The van der Waals surface area contributed by atoms with Gasteiger partial charge in [0.1, 0.15) is 17.7 Å². The number of rotatable bonds is 3. The highest BCUT2D eigenvalue weighted by Gasteiger charge is 2.36. The molecule has 1 fully saturated rings. The third-order valence-corrected chi connectivity index (χ3v) is 4.54. The summed E-state index contributed by atoms with van der Waals surface area (Å²) in [6.45, 7) is 7.47. The van der Waals surface area contributed by atoms with Gasteiger partial charge in [-0.25, -0.2) is 4.39 Å². The molecule has 0 saturated heterocycles. The molecule has 0 aliphatic heterocycles. The van der Waals surface area contributed by atoms with E-state index in [1.54, 1.807) is 6.07 Å². The Kier molecular flexibility index (Phi) is 4.69. The van der Waals surface area contributed by atoms with Gasteiger partial charge in [0.2, 0.25) is 0 Å². The minimum absolute atomic E-state index is 0.0970. The molecule has 3 unspecified atom stereocenters. The summed E-state index contributed by atoms with van der Waals surface area (Å²) in [6.07, 6.45) is 3.40. The van der Waals surface area contributed by atoms with Gasteiger partial charge in [0.15, 0.2) is 0 Å². The molecule has 0 spiro atoms. The van der Waals surface area contributed by atoms with Crippen LogP contribution < -0.4 is 10.5 Å². The highest BCUT2D eigenvalue weighted by Crippen LogP contribution is 2.41. The average molecular weight is 279 g/mol. The smallest absolute Gasteiger partial charge is 0.126 e. The van der Waals surface area contributed by atoms with Gasteiger partial charge in [-0.2, -0.15) is 0 Å². The minimum atomic E-state index is -0.255. The Labute approximate surface area is 121 Å². The maximum absolute atomic E-state index is 13.3. The zero-order valence-electron chi connectivity index (χ0n) is 12.7. The SMILES string of the molecule is CC(C)(C)C1CCC(CN)C(Oc2cccc(F)c2)C1. The second-order valence-corrected chi connectivity index (χ2v) is 6.99. The normalized spacial score (nSPS) is 27.4. The number of benzene rings is 1. The van der Waals surface area contributed by atoms with Crippen molar-refractivity contribution in [1.82, 2.24) is 0 Å². The molecular weight excluding hydrogens is 253 g/mol. The van der Waals surface area contributed by atoms with Crippen LogP contribution in [0.2, 0.25) is 0 Å². The van der Waals surface area contributed by atoms with E-state index in [4.69, 9.17) is 10.5 Å². The van der Waals surface area contributed by atoms with Crippen LogP contribution in [0.5, 0.6) is 5.75 Å². The van der Waals surface area contributed by atoms with Crippen molar-refractivity contribution in [2.75, 3.05) is 6.54 Å². The van der Waals surface area contributed by atoms with Crippen molar-refractivity contribution in [1.29, 1.82) is 0 Å². The maximum atomic E-state index is 13.3. The predicted molar refractivity (Wildman–Crippen MR) is 80.2 cm³/mol. The first kappa shape index (κ1) is 15.3. The summed E-state index contributed by atoms with van der Waals surface area (Å²) in [5.41, 5.74) is 6.16. The fraction of sp³-hybridized carbons (Fsp3) is 0.647. The van der Waals surface area contributed by atoms with Gasteiger partial charge in [-0.15, -0.1) is 0 Å². The molecular formula is C17H26FNO. The third kappa shape index (κ3) is 3.72. The van der Waals surface area contributed by atoms with Crippen LogP contribution in [0.3, 0.4) is 0 Å². The second-order valence-electron chi connectivity index (χ2n) is 6.99. The summed E-state index contributed by atoms with van der Waals surface area (Å²) in [5, 5.41) is 0. The van der Waals surface area contributed by atoms with Crippen LogP contribution in [-0.4, -0.2) is 12.6 Å². The first-order valence-electron chi connectivity index (χ1n) is 7.52. The van der Waals surface area contributed by atoms with Gasteiger partial charge in [-0.3, -0.25) is 0 Å². The van der Waals surface area contributed by atoms with Crippen LogP contribution in [0.25, 0.3) is 0 Å². The zero-order chi connectivity index (χ0) is 14.8. The second kappa shape index (κ2) is 6.13. The fourth-order valence-electron chi connectivity index (χ4n) is 3.11. The Morgan fingerprint density at radius 2 is 2.05 bits per heavy atom. The molecule has 0 bridgehead atoms. The lowest BCUT2D eigenvalue weighted by Crippen LogP contribution is -2.41.